The third-order valence-corrected chi connectivity index (χ3v) is 5.46. The van der Waals surface area contributed by atoms with Gasteiger partial charge in [0.05, 0.1) is 11.0 Å². The summed E-state index contributed by atoms with van der Waals surface area (Å²) in [4.78, 5) is 26.5. The normalized spacial score (nSPS) is 11.7. The van der Waals surface area contributed by atoms with Crippen molar-refractivity contribution in [1.82, 2.24) is 9.97 Å². The Labute approximate surface area is 151 Å². The highest BCUT2D eigenvalue weighted by molar-refractivity contribution is 7.92. The number of anilines is 1. The Morgan fingerprint density at radius 3 is 2.15 bits per heavy atom. The summed E-state index contributed by atoms with van der Waals surface area (Å²) < 4.78 is 42.0. The van der Waals surface area contributed by atoms with E-state index in [2.05, 4.69) is 14.7 Å². The number of hydrogen-bond acceptors (Lipinski definition) is 4. The van der Waals surface area contributed by atoms with Crippen LogP contribution >= 0.6 is 0 Å². The fraction of sp³-hybridized carbons (Fsp3) is 0. The number of halogens is 1. The van der Waals surface area contributed by atoms with E-state index in [-0.39, 0.29) is 16.7 Å². The molecule has 0 unspecified atom stereocenters. The van der Waals surface area contributed by atoms with Gasteiger partial charge in [-0.1, -0.05) is 30.3 Å². The predicted octanol–water partition coefficient (Wildman–Crippen LogP) is 2.31. The fourth-order valence-corrected chi connectivity index (χ4v) is 3.92. The molecule has 0 fully saturated rings. The minimum Gasteiger partial charge on any atom is -0.316 e. The molecule has 1 aromatic heterocycles. The van der Waals surface area contributed by atoms with Crippen molar-refractivity contribution in [3.63, 3.8) is 0 Å². The molecule has 9 heteroatoms. The molecule has 4 aromatic rings. The van der Waals surface area contributed by atoms with Crippen LogP contribution in [0.5, 0.6) is 0 Å². The summed E-state index contributed by atoms with van der Waals surface area (Å²) in [5.74, 6) is -1.06. The van der Waals surface area contributed by atoms with Gasteiger partial charge in [0.1, 0.15) is 10.7 Å². The van der Waals surface area contributed by atoms with Crippen LogP contribution in [0.3, 0.4) is 0 Å². The van der Waals surface area contributed by atoms with Crippen LogP contribution in [0.15, 0.2) is 69.1 Å². The summed E-state index contributed by atoms with van der Waals surface area (Å²) in [6.07, 6.45) is 0. The van der Waals surface area contributed by atoms with E-state index in [0.717, 1.165) is 22.9 Å². The molecule has 0 amide bonds. The molecule has 0 atom stereocenters. The van der Waals surface area contributed by atoms with Crippen LogP contribution in [0.1, 0.15) is 0 Å². The lowest BCUT2D eigenvalue weighted by Gasteiger charge is -2.10. The minimum absolute atomic E-state index is 0.000105. The van der Waals surface area contributed by atoms with Crippen LogP contribution < -0.4 is 15.8 Å². The number of benzene rings is 3. The number of aromatic amines is 2. The molecular weight excluding hydrogens is 373 g/mol. The first-order valence-corrected chi connectivity index (χ1v) is 9.29. The van der Waals surface area contributed by atoms with E-state index in [4.69, 9.17) is 0 Å². The predicted molar refractivity (Wildman–Crippen MR) is 99.9 cm³/mol. The van der Waals surface area contributed by atoms with Gasteiger partial charge >= 0.3 is 11.1 Å². The van der Waals surface area contributed by atoms with Crippen LogP contribution in [0.25, 0.3) is 21.8 Å². The number of aromatic nitrogens is 2. The van der Waals surface area contributed by atoms with Gasteiger partial charge in [0.25, 0.3) is 10.0 Å². The maximum atomic E-state index is 14.4. The average molecular weight is 385 g/mol. The molecule has 0 bridgehead atoms. The van der Waals surface area contributed by atoms with E-state index in [9.17, 15) is 22.4 Å². The van der Waals surface area contributed by atoms with E-state index in [1.807, 2.05) is 24.3 Å². The molecular formula is C18H12FN3O4S. The maximum Gasteiger partial charge on any atom is 0.314 e. The lowest BCUT2D eigenvalue weighted by atomic mass is 10.1. The molecule has 7 nitrogen and oxygen atoms in total. The Kier molecular flexibility index (Phi) is 3.81. The SMILES string of the molecule is O=c1[nH]c2cc(F)c(S(=O)(=O)Nc3ccc4ccccc4c3)cc2[nH]c1=O. The monoisotopic (exact) mass is 385 g/mol. The highest BCUT2D eigenvalue weighted by Gasteiger charge is 2.21. The van der Waals surface area contributed by atoms with E-state index in [1.165, 1.54) is 0 Å². The van der Waals surface area contributed by atoms with E-state index < -0.39 is 31.9 Å². The lowest BCUT2D eigenvalue weighted by molar-refractivity contribution is 0.571. The molecule has 136 valence electrons. The molecule has 0 radical (unpaired) electrons. The zero-order valence-corrected chi connectivity index (χ0v) is 14.4. The molecule has 3 N–H and O–H groups in total. The maximum absolute atomic E-state index is 14.4. The van der Waals surface area contributed by atoms with Crippen molar-refractivity contribution >= 4 is 37.5 Å². The van der Waals surface area contributed by atoms with E-state index >= 15 is 0 Å². The molecule has 0 saturated heterocycles. The number of sulfonamides is 1. The second-order valence-corrected chi connectivity index (χ2v) is 7.55. The van der Waals surface area contributed by atoms with Crippen molar-refractivity contribution in [2.75, 3.05) is 4.72 Å². The Hall–Kier alpha value is -3.46. The number of nitrogens with one attached hydrogen (secondary N) is 3. The summed E-state index contributed by atoms with van der Waals surface area (Å²) in [6, 6.07) is 14.1. The zero-order valence-electron chi connectivity index (χ0n) is 13.6. The van der Waals surface area contributed by atoms with Crippen molar-refractivity contribution in [1.29, 1.82) is 0 Å². The van der Waals surface area contributed by atoms with Gasteiger partial charge in [0.15, 0.2) is 0 Å². The number of fused-ring (bicyclic) bond motifs is 2. The van der Waals surface area contributed by atoms with E-state index in [1.54, 1.807) is 18.2 Å². The van der Waals surface area contributed by atoms with Gasteiger partial charge in [-0.05, 0) is 29.0 Å². The van der Waals surface area contributed by atoms with Crippen LogP contribution in [0.4, 0.5) is 10.1 Å². The highest BCUT2D eigenvalue weighted by Crippen LogP contribution is 2.24. The summed E-state index contributed by atoms with van der Waals surface area (Å²) in [6.45, 7) is 0. The van der Waals surface area contributed by atoms with Crippen LogP contribution in [-0.4, -0.2) is 18.4 Å². The molecule has 1 heterocycles. The van der Waals surface area contributed by atoms with Gasteiger partial charge in [-0.2, -0.15) is 0 Å². The molecule has 0 spiro atoms. The first-order chi connectivity index (χ1) is 12.8. The summed E-state index contributed by atoms with van der Waals surface area (Å²) in [7, 11) is -4.27. The highest BCUT2D eigenvalue weighted by atomic mass is 32.2. The third-order valence-electron chi connectivity index (χ3n) is 4.07. The molecule has 0 aliphatic heterocycles. The molecule has 3 aromatic carbocycles. The van der Waals surface area contributed by atoms with Gasteiger partial charge < -0.3 is 9.97 Å². The van der Waals surface area contributed by atoms with Crippen molar-refractivity contribution in [2.45, 2.75) is 4.90 Å². The quantitative estimate of drug-likeness (QED) is 0.470. The zero-order chi connectivity index (χ0) is 19.2. The van der Waals surface area contributed by atoms with Gasteiger partial charge in [-0.25, -0.2) is 12.8 Å². The number of H-pyrrole nitrogens is 2. The van der Waals surface area contributed by atoms with E-state index in [0.29, 0.717) is 0 Å². The molecule has 0 aliphatic carbocycles. The lowest BCUT2D eigenvalue weighted by Crippen LogP contribution is -2.29. The fourth-order valence-electron chi connectivity index (χ4n) is 2.79. The average Bonchev–Trinajstić information content (AvgIpc) is 2.62. The van der Waals surface area contributed by atoms with Crippen molar-refractivity contribution in [3.8, 4) is 0 Å². The minimum atomic E-state index is -4.27. The van der Waals surface area contributed by atoms with Gasteiger partial charge in [-0.15, -0.1) is 0 Å². The molecule has 27 heavy (non-hydrogen) atoms. The number of hydrogen-bond donors (Lipinski definition) is 3. The Bertz CT molecular complexity index is 1420. The first-order valence-electron chi connectivity index (χ1n) is 7.81. The van der Waals surface area contributed by atoms with Crippen molar-refractivity contribution < 1.29 is 12.8 Å². The largest absolute Gasteiger partial charge is 0.316 e. The van der Waals surface area contributed by atoms with Crippen LogP contribution in [0, 0.1) is 5.82 Å². The second-order valence-electron chi connectivity index (χ2n) is 5.90. The van der Waals surface area contributed by atoms with Gasteiger partial charge in [-0.3, -0.25) is 14.3 Å². The second kappa shape index (κ2) is 6.06. The van der Waals surface area contributed by atoms with Gasteiger partial charge in [0, 0.05) is 11.8 Å². The molecule has 0 aliphatic rings. The van der Waals surface area contributed by atoms with Crippen molar-refractivity contribution in [2.24, 2.45) is 0 Å². The first kappa shape index (κ1) is 17.0. The summed E-state index contributed by atoms with van der Waals surface area (Å²) in [5.41, 5.74) is -1.66. The van der Waals surface area contributed by atoms with Crippen LogP contribution in [0.2, 0.25) is 0 Å². The Balaban J connectivity index is 1.80. The Morgan fingerprint density at radius 1 is 0.815 bits per heavy atom. The van der Waals surface area contributed by atoms with Gasteiger partial charge in [0.2, 0.25) is 0 Å². The topological polar surface area (TPSA) is 112 Å². The molecule has 4 rings (SSSR count). The smallest absolute Gasteiger partial charge is 0.314 e. The standard InChI is InChI=1S/C18H12FN3O4S/c19-13-8-14-15(21-18(24)17(23)20-14)9-16(13)27(25,26)22-12-6-5-10-3-1-2-4-11(10)7-12/h1-9,22H,(H,20,23)(H,21,24). The molecule has 0 saturated carbocycles. The Morgan fingerprint density at radius 2 is 1.44 bits per heavy atom. The third kappa shape index (κ3) is 3.08. The number of rotatable bonds is 3. The summed E-state index contributed by atoms with van der Waals surface area (Å²) in [5, 5.41) is 1.75. The summed E-state index contributed by atoms with van der Waals surface area (Å²) >= 11 is 0. The van der Waals surface area contributed by atoms with Crippen LogP contribution in [-0.2, 0) is 10.0 Å². The van der Waals surface area contributed by atoms with Crippen molar-refractivity contribution in [3.05, 3.63) is 81.1 Å².